The van der Waals surface area contributed by atoms with Crippen molar-refractivity contribution in [1.82, 2.24) is 0 Å². The predicted molar refractivity (Wildman–Crippen MR) is 78.1 cm³/mol. The van der Waals surface area contributed by atoms with E-state index >= 15 is 0 Å². The van der Waals surface area contributed by atoms with Gasteiger partial charge in [-0.05, 0) is 12.1 Å². The third kappa shape index (κ3) is 3.73. The number of hydrogen-bond acceptors (Lipinski definition) is 4. The average molecular weight is 375 g/mol. The van der Waals surface area contributed by atoms with Crippen LogP contribution in [0.1, 0.15) is 10.4 Å². The van der Waals surface area contributed by atoms with Crippen LogP contribution in [0.25, 0.3) is 0 Å². The van der Waals surface area contributed by atoms with E-state index in [0.29, 0.717) is 0 Å². The number of carbonyl (C=O) groups is 2. The van der Waals surface area contributed by atoms with E-state index in [-0.39, 0.29) is 11.3 Å². The highest BCUT2D eigenvalue weighted by Gasteiger charge is 2.27. The summed E-state index contributed by atoms with van der Waals surface area (Å²) in [5.41, 5.74) is -1.57. The quantitative estimate of drug-likeness (QED) is 0.377. The molecular weight excluding hydrogens is 365 g/mol. The highest BCUT2D eigenvalue weighted by atomic mass is 19.2. The van der Waals surface area contributed by atoms with Gasteiger partial charge in [0.1, 0.15) is 17.0 Å². The fraction of sp³-hybridized carbons (Fsp3) is 0.125. The van der Waals surface area contributed by atoms with Gasteiger partial charge in [0.25, 0.3) is 5.91 Å². The van der Waals surface area contributed by atoms with Crippen LogP contribution < -0.4 is 10.1 Å². The second-order valence-corrected chi connectivity index (χ2v) is 4.77. The van der Waals surface area contributed by atoms with Gasteiger partial charge in [0.05, 0.1) is 7.11 Å². The molecule has 138 valence electrons. The molecule has 0 atom stereocenters. The van der Waals surface area contributed by atoms with Crippen molar-refractivity contribution in [2.45, 2.75) is 0 Å². The molecule has 2 aromatic carbocycles. The Labute approximate surface area is 143 Å². The van der Waals surface area contributed by atoms with Crippen molar-refractivity contribution in [3.05, 3.63) is 58.9 Å². The lowest BCUT2D eigenvalue weighted by molar-refractivity contribution is -0.119. The topological polar surface area (TPSA) is 64.6 Å². The van der Waals surface area contributed by atoms with Crippen molar-refractivity contribution in [2.75, 3.05) is 19.0 Å². The maximum atomic E-state index is 13.5. The fourth-order valence-electron chi connectivity index (χ4n) is 1.91. The molecule has 0 aliphatic carbocycles. The zero-order chi connectivity index (χ0) is 19.4. The number of rotatable bonds is 5. The maximum absolute atomic E-state index is 13.5. The van der Waals surface area contributed by atoms with Gasteiger partial charge in [0.2, 0.25) is 5.82 Å². The first-order valence-corrected chi connectivity index (χ1v) is 6.89. The number of amides is 1. The summed E-state index contributed by atoms with van der Waals surface area (Å²) in [7, 11) is 1.29. The van der Waals surface area contributed by atoms with E-state index in [1.54, 1.807) is 6.07 Å². The van der Waals surface area contributed by atoms with Gasteiger partial charge in [0.15, 0.2) is 29.9 Å². The smallest absolute Gasteiger partial charge is 0.342 e. The molecule has 0 radical (unpaired) electrons. The first-order valence-electron chi connectivity index (χ1n) is 6.89. The number of anilines is 1. The largest absolute Gasteiger partial charge is 0.496 e. The molecule has 0 saturated carbocycles. The molecule has 0 unspecified atom stereocenters. The number of halogens is 5. The Morgan fingerprint density at radius 3 is 2.04 bits per heavy atom. The summed E-state index contributed by atoms with van der Waals surface area (Å²) in [5, 5.41) is 1.48. The molecule has 0 bridgehead atoms. The van der Waals surface area contributed by atoms with Crippen LogP contribution in [0.15, 0.2) is 24.3 Å². The molecule has 0 heterocycles. The molecule has 0 saturated heterocycles. The van der Waals surface area contributed by atoms with Crippen LogP contribution in [0.4, 0.5) is 27.6 Å². The van der Waals surface area contributed by atoms with Gasteiger partial charge >= 0.3 is 5.97 Å². The van der Waals surface area contributed by atoms with Crippen molar-refractivity contribution in [2.24, 2.45) is 0 Å². The van der Waals surface area contributed by atoms with E-state index in [1.165, 1.54) is 30.6 Å². The van der Waals surface area contributed by atoms with E-state index < -0.39 is 53.3 Å². The number of esters is 1. The lowest BCUT2D eigenvalue weighted by Crippen LogP contribution is -2.23. The third-order valence-electron chi connectivity index (χ3n) is 3.14. The summed E-state index contributed by atoms with van der Waals surface area (Å²) in [6.07, 6.45) is 0. The zero-order valence-electron chi connectivity index (χ0n) is 13.0. The lowest BCUT2D eigenvalue weighted by atomic mass is 10.2. The average Bonchev–Trinajstić information content (AvgIpc) is 2.66. The Bertz CT molecular complexity index is 843. The number of hydrogen-bond donors (Lipinski definition) is 1. The molecule has 0 spiro atoms. The normalized spacial score (nSPS) is 10.4. The minimum atomic E-state index is -2.36. The van der Waals surface area contributed by atoms with Crippen molar-refractivity contribution in [1.29, 1.82) is 0 Å². The van der Waals surface area contributed by atoms with Gasteiger partial charge in [-0.3, -0.25) is 4.79 Å². The molecule has 2 rings (SSSR count). The molecule has 0 aliphatic rings. The number of methoxy groups -OCH3 is 1. The number of carbonyl (C=O) groups excluding carboxylic acids is 2. The minimum absolute atomic E-state index is 0.0287. The fourth-order valence-corrected chi connectivity index (χ4v) is 1.91. The van der Waals surface area contributed by atoms with E-state index in [4.69, 9.17) is 4.74 Å². The Morgan fingerprint density at radius 2 is 1.46 bits per heavy atom. The Kier molecular flexibility index (Phi) is 5.75. The molecule has 0 aromatic heterocycles. The zero-order valence-corrected chi connectivity index (χ0v) is 13.0. The van der Waals surface area contributed by atoms with Crippen LogP contribution in [-0.2, 0) is 9.53 Å². The summed E-state index contributed by atoms with van der Waals surface area (Å²) >= 11 is 0. The molecule has 1 N–H and O–H groups in total. The van der Waals surface area contributed by atoms with Crippen molar-refractivity contribution >= 4 is 17.6 Å². The highest BCUT2D eigenvalue weighted by Crippen LogP contribution is 2.27. The number of ether oxygens (including phenoxy) is 2. The summed E-state index contributed by atoms with van der Waals surface area (Å²) < 4.78 is 75.5. The van der Waals surface area contributed by atoms with Crippen molar-refractivity contribution < 1.29 is 41.0 Å². The van der Waals surface area contributed by atoms with E-state index in [9.17, 15) is 31.5 Å². The molecule has 26 heavy (non-hydrogen) atoms. The molecule has 5 nitrogen and oxygen atoms in total. The van der Waals surface area contributed by atoms with Crippen LogP contribution in [-0.4, -0.2) is 25.6 Å². The number of nitrogens with one attached hydrogen (secondary N) is 1. The van der Waals surface area contributed by atoms with E-state index in [1.807, 2.05) is 0 Å². The molecular formula is C16H10F5NO4. The Balaban J connectivity index is 2.10. The van der Waals surface area contributed by atoms with Crippen molar-refractivity contribution in [3.63, 3.8) is 0 Å². The molecule has 2 aromatic rings. The summed E-state index contributed by atoms with van der Waals surface area (Å²) in [6.45, 7) is -1.03. The minimum Gasteiger partial charge on any atom is -0.496 e. The van der Waals surface area contributed by atoms with Crippen LogP contribution in [0.2, 0.25) is 0 Å². The number of para-hydroxylation sites is 1. The van der Waals surface area contributed by atoms with Crippen LogP contribution in [0.5, 0.6) is 5.75 Å². The van der Waals surface area contributed by atoms with Gasteiger partial charge in [-0.1, -0.05) is 12.1 Å². The first kappa shape index (κ1) is 19.2. The first-order chi connectivity index (χ1) is 12.3. The predicted octanol–water partition coefficient (Wildman–Crippen LogP) is 3.19. The summed E-state index contributed by atoms with van der Waals surface area (Å²) in [4.78, 5) is 23.5. The highest BCUT2D eigenvalue weighted by molar-refractivity contribution is 5.96. The van der Waals surface area contributed by atoms with Gasteiger partial charge in [-0.15, -0.1) is 0 Å². The Hall–Kier alpha value is -3.17. The van der Waals surface area contributed by atoms with Crippen molar-refractivity contribution in [3.8, 4) is 5.75 Å². The van der Waals surface area contributed by atoms with Crippen LogP contribution >= 0.6 is 0 Å². The van der Waals surface area contributed by atoms with Gasteiger partial charge in [-0.2, -0.15) is 0 Å². The third-order valence-corrected chi connectivity index (χ3v) is 3.14. The van der Waals surface area contributed by atoms with Crippen LogP contribution in [0, 0.1) is 29.1 Å². The standard InChI is InChI=1S/C16H10F5NO4/c1-25-8-5-3-2-4-7(8)16(24)26-6-9(23)22-15-13(20)11(18)10(17)12(19)14(15)21/h2-5H,6H2,1H3,(H,22,23). The Morgan fingerprint density at radius 1 is 0.923 bits per heavy atom. The second kappa shape index (κ2) is 7.81. The summed E-state index contributed by atoms with van der Waals surface area (Å²) in [5.74, 6) is -13.4. The molecule has 10 heteroatoms. The van der Waals surface area contributed by atoms with Gasteiger partial charge in [0, 0.05) is 0 Å². The molecule has 0 aliphatic heterocycles. The monoisotopic (exact) mass is 375 g/mol. The summed E-state index contributed by atoms with van der Waals surface area (Å²) in [6, 6.07) is 5.86. The SMILES string of the molecule is COc1ccccc1C(=O)OCC(=O)Nc1c(F)c(F)c(F)c(F)c1F. The van der Waals surface area contributed by atoms with Gasteiger partial charge in [-0.25, -0.2) is 26.7 Å². The number of benzene rings is 2. The lowest BCUT2D eigenvalue weighted by Gasteiger charge is -2.11. The van der Waals surface area contributed by atoms with Crippen LogP contribution in [0.3, 0.4) is 0 Å². The van der Waals surface area contributed by atoms with Gasteiger partial charge < -0.3 is 14.8 Å². The van der Waals surface area contributed by atoms with E-state index in [0.717, 1.165) is 0 Å². The second-order valence-electron chi connectivity index (χ2n) is 4.77. The maximum Gasteiger partial charge on any atom is 0.342 e. The van der Waals surface area contributed by atoms with E-state index in [2.05, 4.69) is 4.74 Å². The molecule has 0 fully saturated rings. The molecule has 1 amide bonds.